The maximum absolute atomic E-state index is 12.6. The normalized spacial score (nSPS) is 26.0. The second-order valence-corrected chi connectivity index (χ2v) is 9.68. The summed E-state index contributed by atoms with van der Waals surface area (Å²) in [6.45, 7) is 5.56. The van der Waals surface area contributed by atoms with Gasteiger partial charge >= 0.3 is 18.0 Å². The second-order valence-electron chi connectivity index (χ2n) is 9.24. The van der Waals surface area contributed by atoms with Crippen LogP contribution in [-0.4, -0.2) is 57.4 Å². The van der Waals surface area contributed by atoms with Gasteiger partial charge in [0.25, 0.3) is 0 Å². The van der Waals surface area contributed by atoms with Crippen LogP contribution >= 0.6 is 11.6 Å². The van der Waals surface area contributed by atoms with E-state index in [-0.39, 0.29) is 29.3 Å². The molecule has 0 radical (unpaired) electrons. The molecule has 1 aromatic carbocycles. The minimum atomic E-state index is -1.10. The Labute approximate surface area is 186 Å². The zero-order valence-electron chi connectivity index (χ0n) is 17.8. The van der Waals surface area contributed by atoms with Crippen LogP contribution in [0, 0.1) is 11.8 Å². The smallest absolute Gasteiger partial charge is 0.411 e. The molecule has 0 unspecified atom stereocenters. The standard InChI is InChI=1S/C22H28ClNO7/c1-22(2,3)31-21(29)24-11-12-4-6-15(8-13(12)9-17(24)20(27)28)30-18-10-14(23)5-7-16(18)19(25)26/h5,7,10,12-13,15,17H,4,6,8-9,11H2,1-3H3,(H,25,26)(H,27,28)/t12-,13+,15-,17-/m0/s1. The number of carboxylic acid groups (broad SMARTS) is 2. The van der Waals surface area contributed by atoms with Gasteiger partial charge in [0.15, 0.2) is 0 Å². The number of fused-ring (bicyclic) bond motifs is 1. The van der Waals surface area contributed by atoms with Gasteiger partial charge in [-0.25, -0.2) is 14.4 Å². The van der Waals surface area contributed by atoms with Crippen molar-refractivity contribution >= 4 is 29.6 Å². The van der Waals surface area contributed by atoms with Crippen molar-refractivity contribution in [1.29, 1.82) is 0 Å². The summed E-state index contributed by atoms with van der Waals surface area (Å²) in [6, 6.07) is 3.43. The number of aliphatic carboxylic acids is 1. The number of amides is 1. The number of benzene rings is 1. The number of hydrogen-bond acceptors (Lipinski definition) is 5. The van der Waals surface area contributed by atoms with Crippen molar-refractivity contribution < 1.29 is 34.1 Å². The summed E-state index contributed by atoms with van der Waals surface area (Å²) < 4.78 is 11.4. The molecule has 2 fully saturated rings. The lowest BCUT2D eigenvalue weighted by molar-refractivity contribution is -0.147. The average Bonchev–Trinajstić information content (AvgIpc) is 2.65. The molecule has 1 saturated carbocycles. The van der Waals surface area contributed by atoms with E-state index in [2.05, 4.69) is 0 Å². The molecular weight excluding hydrogens is 426 g/mol. The molecule has 1 aromatic rings. The quantitative estimate of drug-likeness (QED) is 0.698. The first-order chi connectivity index (χ1) is 14.4. The van der Waals surface area contributed by atoms with E-state index in [0.717, 1.165) is 6.42 Å². The van der Waals surface area contributed by atoms with E-state index in [0.29, 0.717) is 30.8 Å². The number of rotatable bonds is 4. The number of nitrogens with zero attached hydrogens (tertiary/aromatic N) is 1. The van der Waals surface area contributed by atoms with Crippen LogP contribution in [0.2, 0.25) is 5.02 Å². The molecule has 1 saturated heterocycles. The summed E-state index contributed by atoms with van der Waals surface area (Å²) in [6.07, 6.45) is 1.45. The Bertz CT molecular complexity index is 866. The van der Waals surface area contributed by atoms with Crippen LogP contribution in [0.1, 0.15) is 56.8 Å². The highest BCUT2D eigenvalue weighted by Crippen LogP contribution is 2.41. The maximum atomic E-state index is 12.6. The van der Waals surface area contributed by atoms with Gasteiger partial charge in [0.1, 0.15) is 23.0 Å². The molecule has 1 heterocycles. The minimum absolute atomic E-state index is 0.0367. The molecule has 1 aliphatic carbocycles. The van der Waals surface area contributed by atoms with Gasteiger partial charge < -0.3 is 19.7 Å². The molecule has 0 aromatic heterocycles. The number of carbonyl (C=O) groups excluding carboxylic acids is 1. The summed E-state index contributed by atoms with van der Waals surface area (Å²) >= 11 is 6.01. The van der Waals surface area contributed by atoms with Crippen LogP contribution in [0.15, 0.2) is 18.2 Å². The first kappa shape index (κ1) is 23.2. The first-order valence-corrected chi connectivity index (χ1v) is 10.7. The van der Waals surface area contributed by atoms with Crippen molar-refractivity contribution in [2.24, 2.45) is 11.8 Å². The Kier molecular flexibility index (Phi) is 6.69. The lowest BCUT2D eigenvalue weighted by Crippen LogP contribution is -2.56. The summed E-state index contributed by atoms with van der Waals surface area (Å²) in [5.74, 6) is -1.76. The Morgan fingerprint density at radius 2 is 1.81 bits per heavy atom. The van der Waals surface area contributed by atoms with Crippen molar-refractivity contribution in [2.75, 3.05) is 6.54 Å². The number of carbonyl (C=O) groups is 3. The predicted octanol–water partition coefficient (Wildman–Crippen LogP) is 4.30. The van der Waals surface area contributed by atoms with Crippen LogP contribution in [0.25, 0.3) is 0 Å². The molecule has 2 N–H and O–H groups in total. The zero-order valence-corrected chi connectivity index (χ0v) is 18.6. The molecular formula is C22H28ClNO7. The SMILES string of the molecule is CC(C)(C)OC(=O)N1C[C@@H]2CC[C@H](Oc3cc(Cl)ccc3C(=O)O)C[C@@H]2C[C@H]1C(=O)O. The van der Waals surface area contributed by atoms with Gasteiger partial charge in [-0.2, -0.15) is 0 Å². The molecule has 0 bridgehead atoms. The van der Waals surface area contributed by atoms with Crippen molar-refractivity contribution in [3.63, 3.8) is 0 Å². The van der Waals surface area contributed by atoms with Gasteiger partial charge in [-0.15, -0.1) is 0 Å². The van der Waals surface area contributed by atoms with Crippen LogP contribution in [-0.2, 0) is 9.53 Å². The van der Waals surface area contributed by atoms with Gasteiger partial charge in [-0.1, -0.05) is 11.6 Å². The Balaban J connectivity index is 1.72. The van der Waals surface area contributed by atoms with Crippen molar-refractivity contribution in [3.05, 3.63) is 28.8 Å². The molecule has 0 spiro atoms. The molecule has 31 heavy (non-hydrogen) atoms. The number of aromatic carboxylic acids is 1. The van der Waals surface area contributed by atoms with Crippen molar-refractivity contribution in [1.82, 2.24) is 4.90 Å². The van der Waals surface area contributed by atoms with Crippen LogP contribution < -0.4 is 4.74 Å². The largest absolute Gasteiger partial charge is 0.489 e. The lowest BCUT2D eigenvalue weighted by Gasteiger charge is -2.46. The molecule has 170 valence electrons. The van der Waals surface area contributed by atoms with Gasteiger partial charge in [-0.05, 0) is 76.5 Å². The summed E-state index contributed by atoms with van der Waals surface area (Å²) in [5.41, 5.74) is -0.670. The monoisotopic (exact) mass is 453 g/mol. The number of hydrogen-bond donors (Lipinski definition) is 2. The Morgan fingerprint density at radius 1 is 1.10 bits per heavy atom. The fourth-order valence-corrected chi connectivity index (χ4v) is 4.58. The second kappa shape index (κ2) is 8.94. The van der Waals surface area contributed by atoms with E-state index in [1.807, 2.05) is 0 Å². The molecule has 2 aliphatic rings. The lowest BCUT2D eigenvalue weighted by atomic mass is 9.72. The molecule has 1 amide bonds. The van der Waals surface area contributed by atoms with E-state index in [9.17, 15) is 24.6 Å². The third kappa shape index (κ3) is 5.61. The van der Waals surface area contributed by atoms with Crippen LogP contribution in [0.5, 0.6) is 5.75 Å². The number of likely N-dealkylation sites (tertiary alicyclic amines) is 1. The minimum Gasteiger partial charge on any atom is -0.489 e. The molecule has 3 rings (SSSR count). The fourth-order valence-electron chi connectivity index (χ4n) is 4.42. The number of halogens is 1. The highest BCUT2D eigenvalue weighted by atomic mass is 35.5. The molecule has 4 atom stereocenters. The van der Waals surface area contributed by atoms with Gasteiger partial charge in [0, 0.05) is 11.6 Å². The van der Waals surface area contributed by atoms with Gasteiger partial charge in [0.05, 0.1) is 6.10 Å². The van der Waals surface area contributed by atoms with E-state index in [1.54, 1.807) is 20.8 Å². The summed E-state index contributed by atoms with van der Waals surface area (Å²) in [7, 11) is 0. The molecule has 9 heteroatoms. The maximum Gasteiger partial charge on any atom is 0.411 e. The van der Waals surface area contributed by atoms with E-state index < -0.39 is 29.7 Å². The number of carboxylic acids is 2. The summed E-state index contributed by atoms with van der Waals surface area (Å²) in [4.78, 5) is 37.3. The highest BCUT2D eigenvalue weighted by molar-refractivity contribution is 6.30. The van der Waals surface area contributed by atoms with Crippen LogP contribution in [0.4, 0.5) is 4.79 Å². The van der Waals surface area contributed by atoms with E-state index >= 15 is 0 Å². The third-order valence-electron chi connectivity index (χ3n) is 5.81. The predicted molar refractivity (Wildman–Crippen MR) is 113 cm³/mol. The first-order valence-electron chi connectivity index (χ1n) is 10.4. The van der Waals surface area contributed by atoms with Gasteiger partial charge in [-0.3, -0.25) is 4.90 Å². The Hall–Kier alpha value is -2.48. The number of piperidine rings is 1. The average molecular weight is 454 g/mol. The highest BCUT2D eigenvalue weighted by Gasteiger charge is 2.45. The Morgan fingerprint density at radius 3 is 2.42 bits per heavy atom. The molecule has 1 aliphatic heterocycles. The van der Waals surface area contributed by atoms with Crippen molar-refractivity contribution in [2.45, 2.75) is 64.2 Å². The zero-order chi connectivity index (χ0) is 22.9. The van der Waals surface area contributed by atoms with E-state index in [4.69, 9.17) is 21.1 Å². The topological polar surface area (TPSA) is 113 Å². The molecule has 8 nitrogen and oxygen atoms in total. The fraction of sp³-hybridized carbons (Fsp3) is 0.591. The van der Waals surface area contributed by atoms with E-state index in [1.165, 1.54) is 23.1 Å². The van der Waals surface area contributed by atoms with Crippen LogP contribution in [0.3, 0.4) is 0 Å². The van der Waals surface area contributed by atoms with Crippen molar-refractivity contribution in [3.8, 4) is 5.75 Å². The third-order valence-corrected chi connectivity index (χ3v) is 6.04. The van der Waals surface area contributed by atoms with Gasteiger partial charge in [0.2, 0.25) is 0 Å². The number of ether oxygens (including phenoxy) is 2. The summed E-state index contributed by atoms with van der Waals surface area (Å²) in [5, 5.41) is 19.5.